The normalized spacial score (nSPS) is 11.3. The van der Waals surface area contributed by atoms with Crippen LogP contribution < -0.4 is 0 Å². The van der Waals surface area contributed by atoms with Crippen LogP contribution in [0.15, 0.2) is 127 Å². The number of fused-ring (bicyclic) bond motifs is 3. The molecule has 0 unspecified atom stereocenters. The third-order valence-electron chi connectivity index (χ3n) is 7.27. The van der Waals surface area contributed by atoms with Gasteiger partial charge in [-0.15, -0.1) is 0 Å². The smallest absolute Gasteiger partial charge is 0.0991 e. The van der Waals surface area contributed by atoms with E-state index in [0.717, 1.165) is 11.1 Å². The topological polar surface area (TPSA) is 23.8 Å². The average Bonchev–Trinajstić information content (AvgIpc) is 3.28. The van der Waals surface area contributed by atoms with Gasteiger partial charge in [0.2, 0.25) is 0 Å². The Morgan fingerprint density at radius 3 is 1.78 bits per heavy atom. The molecular weight excluding hydrogens is 434 g/mol. The molecule has 0 spiro atoms. The molecule has 7 rings (SSSR count). The van der Waals surface area contributed by atoms with Gasteiger partial charge < -0.3 is 0 Å². The highest BCUT2D eigenvalue weighted by molar-refractivity contribution is 6.19. The Labute approximate surface area is 210 Å². The quantitative estimate of drug-likeness (QED) is 0.260. The number of benzene rings is 6. The molecule has 6 aromatic carbocycles. The Kier molecular flexibility index (Phi) is 4.59. The van der Waals surface area contributed by atoms with Crippen molar-refractivity contribution in [1.29, 1.82) is 5.26 Å². The first kappa shape index (κ1) is 20.4. The second-order valence-electron chi connectivity index (χ2n) is 9.29. The second-order valence-corrected chi connectivity index (χ2v) is 9.29. The van der Waals surface area contributed by atoms with Gasteiger partial charge in [0.05, 0.1) is 11.6 Å². The maximum atomic E-state index is 9.22. The predicted octanol–water partition coefficient (Wildman–Crippen LogP) is 9.36. The summed E-state index contributed by atoms with van der Waals surface area (Å²) in [6.45, 7) is 0. The summed E-state index contributed by atoms with van der Waals surface area (Å²) < 4.78 is 0. The van der Waals surface area contributed by atoms with Crippen LogP contribution >= 0.6 is 0 Å². The highest BCUT2D eigenvalue weighted by atomic mass is 14.3. The lowest BCUT2D eigenvalue weighted by atomic mass is 9.94. The van der Waals surface area contributed by atoms with Crippen LogP contribution in [0.1, 0.15) is 5.56 Å². The Bertz CT molecular complexity index is 1820. The summed E-state index contributed by atoms with van der Waals surface area (Å²) in [5.74, 6) is 0. The molecule has 1 aliphatic carbocycles. The maximum absolute atomic E-state index is 9.22. The zero-order valence-corrected chi connectivity index (χ0v) is 19.6. The molecule has 0 saturated carbocycles. The fraction of sp³-hybridized carbons (Fsp3) is 0. The van der Waals surface area contributed by atoms with Crippen molar-refractivity contribution in [3.05, 3.63) is 133 Å². The first-order valence-corrected chi connectivity index (χ1v) is 12.2. The number of nitriles is 1. The van der Waals surface area contributed by atoms with E-state index < -0.39 is 0 Å². The van der Waals surface area contributed by atoms with Gasteiger partial charge in [-0.05, 0) is 84.6 Å². The van der Waals surface area contributed by atoms with Crippen molar-refractivity contribution in [2.45, 2.75) is 0 Å². The first-order chi connectivity index (χ1) is 17.8. The van der Waals surface area contributed by atoms with Crippen LogP contribution in [0.3, 0.4) is 0 Å². The van der Waals surface area contributed by atoms with Crippen molar-refractivity contribution in [2.24, 2.45) is 0 Å². The summed E-state index contributed by atoms with van der Waals surface area (Å²) in [7, 11) is 0. The average molecular weight is 456 g/mol. The second kappa shape index (κ2) is 8.08. The lowest BCUT2D eigenvalue weighted by molar-refractivity contribution is 1.48. The number of hydrogen-bond donors (Lipinski definition) is 0. The van der Waals surface area contributed by atoms with Crippen molar-refractivity contribution < 1.29 is 0 Å². The molecule has 0 fully saturated rings. The fourth-order valence-corrected chi connectivity index (χ4v) is 5.53. The third kappa shape index (κ3) is 3.17. The lowest BCUT2D eigenvalue weighted by Gasteiger charge is -2.09. The van der Waals surface area contributed by atoms with Gasteiger partial charge in [-0.2, -0.15) is 5.26 Å². The monoisotopic (exact) mass is 455 g/mol. The van der Waals surface area contributed by atoms with E-state index in [9.17, 15) is 5.26 Å². The van der Waals surface area contributed by atoms with Gasteiger partial charge in [0.25, 0.3) is 0 Å². The first-order valence-electron chi connectivity index (χ1n) is 12.2. The van der Waals surface area contributed by atoms with Crippen LogP contribution in [0, 0.1) is 11.3 Å². The SMILES string of the molecule is N#Cc1cccc(-c2ccc(-c3ccc4c(c3)-c3cccc5c(-c6ccccc6)ccc-4c35)cc2)c1. The van der Waals surface area contributed by atoms with Crippen molar-refractivity contribution in [1.82, 2.24) is 0 Å². The summed E-state index contributed by atoms with van der Waals surface area (Å²) >= 11 is 0. The molecule has 0 aromatic heterocycles. The largest absolute Gasteiger partial charge is 0.192 e. The molecule has 1 aliphatic rings. The van der Waals surface area contributed by atoms with E-state index >= 15 is 0 Å². The minimum absolute atomic E-state index is 0.680. The van der Waals surface area contributed by atoms with Gasteiger partial charge in [-0.3, -0.25) is 0 Å². The molecule has 0 saturated heterocycles. The number of hydrogen-bond acceptors (Lipinski definition) is 1. The summed E-state index contributed by atoms with van der Waals surface area (Å²) in [6.07, 6.45) is 0. The van der Waals surface area contributed by atoms with E-state index in [-0.39, 0.29) is 0 Å². The highest BCUT2D eigenvalue weighted by Gasteiger charge is 2.23. The minimum Gasteiger partial charge on any atom is -0.192 e. The summed E-state index contributed by atoms with van der Waals surface area (Å²) in [5.41, 5.74) is 13.0. The summed E-state index contributed by atoms with van der Waals surface area (Å²) in [4.78, 5) is 0. The fourth-order valence-electron chi connectivity index (χ4n) is 5.53. The van der Waals surface area contributed by atoms with Crippen LogP contribution in [-0.4, -0.2) is 0 Å². The molecular formula is C35H21N. The van der Waals surface area contributed by atoms with Gasteiger partial charge in [0, 0.05) is 0 Å². The van der Waals surface area contributed by atoms with E-state index in [1.807, 2.05) is 24.3 Å². The zero-order valence-electron chi connectivity index (χ0n) is 19.6. The minimum atomic E-state index is 0.680. The van der Waals surface area contributed by atoms with Gasteiger partial charge in [0.1, 0.15) is 0 Å². The van der Waals surface area contributed by atoms with E-state index in [0.29, 0.717) is 5.56 Å². The van der Waals surface area contributed by atoms with Gasteiger partial charge in [-0.25, -0.2) is 0 Å². The van der Waals surface area contributed by atoms with E-state index in [2.05, 4.69) is 109 Å². The Morgan fingerprint density at radius 1 is 0.389 bits per heavy atom. The summed E-state index contributed by atoms with van der Waals surface area (Å²) in [5, 5.41) is 11.9. The molecule has 36 heavy (non-hydrogen) atoms. The number of nitrogens with zero attached hydrogens (tertiary/aromatic N) is 1. The predicted molar refractivity (Wildman–Crippen MR) is 149 cm³/mol. The molecule has 6 aromatic rings. The molecule has 0 heterocycles. The standard InChI is InChI=1S/C35H21N/c36-22-23-6-4-9-27(20-23)24-12-14-25(15-13-24)28-16-17-30-33-19-18-29(26-7-2-1-3-8-26)31-10-5-11-32(35(31)33)34(30)21-28/h1-21H. The van der Waals surface area contributed by atoms with Crippen LogP contribution in [0.4, 0.5) is 0 Å². The van der Waals surface area contributed by atoms with Crippen molar-refractivity contribution in [2.75, 3.05) is 0 Å². The molecule has 0 radical (unpaired) electrons. The third-order valence-corrected chi connectivity index (χ3v) is 7.27. The molecule has 0 atom stereocenters. The van der Waals surface area contributed by atoms with Gasteiger partial charge in [0.15, 0.2) is 0 Å². The zero-order chi connectivity index (χ0) is 24.1. The van der Waals surface area contributed by atoms with E-state index in [1.54, 1.807) is 0 Å². The van der Waals surface area contributed by atoms with Gasteiger partial charge >= 0.3 is 0 Å². The van der Waals surface area contributed by atoms with Crippen molar-refractivity contribution in [3.8, 4) is 61.7 Å². The molecule has 0 bridgehead atoms. The van der Waals surface area contributed by atoms with Crippen molar-refractivity contribution in [3.63, 3.8) is 0 Å². The molecule has 1 nitrogen and oxygen atoms in total. The summed E-state index contributed by atoms with van der Waals surface area (Å²) in [6, 6.07) is 47.3. The molecule has 0 amide bonds. The number of rotatable bonds is 3. The Morgan fingerprint density at radius 2 is 1.00 bits per heavy atom. The highest BCUT2D eigenvalue weighted by Crippen LogP contribution is 2.50. The van der Waals surface area contributed by atoms with E-state index in [1.165, 1.54) is 55.3 Å². The van der Waals surface area contributed by atoms with Crippen LogP contribution in [0.5, 0.6) is 0 Å². The molecule has 166 valence electrons. The molecule has 0 aliphatic heterocycles. The van der Waals surface area contributed by atoms with E-state index in [4.69, 9.17) is 0 Å². The Balaban J connectivity index is 1.31. The van der Waals surface area contributed by atoms with Crippen molar-refractivity contribution >= 4 is 10.8 Å². The van der Waals surface area contributed by atoms with Crippen LogP contribution in [0.25, 0.3) is 66.4 Å². The van der Waals surface area contributed by atoms with Gasteiger partial charge in [-0.1, -0.05) is 109 Å². The maximum Gasteiger partial charge on any atom is 0.0991 e. The lowest BCUT2D eigenvalue weighted by Crippen LogP contribution is -1.83. The Hall–Kier alpha value is -4.93. The molecule has 0 N–H and O–H groups in total. The van der Waals surface area contributed by atoms with Crippen LogP contribution in [-0.2, 0) is 0 Å². The molecule has 1 heteroatoms. The van der Waals surface area contributed by atoms with Crippen LogP contribution in [0.2, 0.25) is 0 Å².